The van der Waals surface area contributed by atoms with E-state index in [0.717, 1.165) is 0 Å². The van der Waals surface area contributed by atoms with Crippen molar-refractivity contribution >= 4 is 0 Å². The first-order valence-electron chi connectivity index (χ1n) is 8.78. The molecular weight excluding hydrogens is 430 g/mol. The Bertz CT molecular complexity index is 480. The second-order valence-corrected chi connectivity index (χ2v) is 17.0. The van der Waals surface area contributed by atoms with E-state index in [1.165, 1.54) is 19.3 Å². The van der Waals surface area contributed by atoms with Crippen molar-refractivity contribution in [2.24, 2.45) is 0 Å². The average Bonchev–Trinajstić information content (AvgIpc) is 3.30. The molecule has 0 atom stereocenters. The third-order valence-corrected chi connectivity index (χ3v) is 20.0. The zero-order valence-electron chi connectivity index (χ0n) is 14.7. The van der Waals surface area contributed by atoms with E-state index in [2.05, 4.69) is 93.7 Å². The Morgan fingerprint density at radius 1 is 0.522 bits per heavy atom. The molecule has 0 aromatic heterocycles. The maximum Gasteiger partial charge on any atom is 0 e. The molecule has 0 spiro atoms. The summed E-state index contributed by atoms with van der Waals surface area (Å²) < 4.78 is 1.06. The Labute approximate surface area is 177 Å². The topological polar surface area (TPSA) is 0 Å². The van der Waals surface area contributed by atoms with E-state index in [1.807, 2.05) is 0 Å². The van der Waals surface area contributed by atoms with Crippen molar-refractivity contribution < 1.29 is 60.2 Å². The Hall–Kier alpha value is 0.648. The van der Waals surface area contributed by atoms with Crippen LogP contribution >= 0.6 is 0 Å². The molecule has 23 heavy (non-hydrogen) atoms. The first-order chi connectivity index (χ1) is 10.7. The van der Waals surface area contributed by atoms with Gasteiger partial charge in [-0.25, -0.2) is 0 Å². The minimum absolute atomic E-state index is 0. The Morgan fingerprint density at radius 3 is 0.913 bits per heavy atom. The van der Waals surface area contributed by atoms with Crippen LogP contribution in [-0.2, 0) is 60.2 Å². The van der Waals surface area contributed by atoms with E-state index in [1.54, 1.807) is 0 Å². The molecule has 0 bridgehead atoms. The van der Waals surface area contributed by atoms with Gasteiger partial charge in [0, 0.05) is 32.7 Å². The molecule has 0 saturated carbocycles. The predicted molar refractivity (Wildman–Crippen MR) is 93.8 cm³/mol. The van der Waals surface area contributed by atoms with Crippen LogP contribution in [0.25, 0.3) is 0 Å². The van der Waals surface area contributed by atoms with Crippen molar-refractivity contribution in [1.29, 1.82) is 0 Å². The van der Waals surface area contributed by atoms with Crippen LogP contribution in [0.5, 0.6) is 0 Å². The van der Waals surface area contributed by atoms with E-state index in [9.17, 15) is 0 Å². The molecule has 0 fully saturated rings. The minimum atomic E-state index is -2.26. The third kappa shape index (κ3) is 3.23. The molecule has 3 aliphatic rings. The monoisotopic (exact) mass is 457 g/mol. The molecule has 0 aromatic carbocycles. The van der Waals surface area contributed by atoms with Crippen LogP contribution in [0.1, 0.15) is 40.0 Å². The van der Waals surface area contributed by atoms with Gasteiger partial charge in [-0.05, 0) is 0 Å². The molecule has 0 amide bonds. The van der Waals surface area contributed by atoms with E-state index < -0.39 is 27.4 Å². The maximum atomic E-state index is 2.54. The standard InChI is InChI=1S/3C7H9.2Y/c3*1-2-7-5-3-4-6-7;;/h3*3-6H,2H2,1H3;;. The van der Waals surface area contributed by atoms with E-state index in [-0.39, 0.29) is 32.7 Å². The first-order valence-corrected chi connectivity index (χ1v) is 13.0. The third-order valence-electron chi connectivity index (χ3n) is 6.22. The van der Waals surface area contributed by atoms with Gasteiger partial charge in [0.25, 0.3) is 0 Å². The molecule has 0 saturated heterocycles. The molecule has 1 radical (unpaired) electrons. The fraction of sp³-hybridized carbons (Fsp3) is 0.429. The Kier molecular flexibility index (Phi) is 6.86. The summed E-state index contributed by atoms with van der Waals surface area (Å²) in [4.78, 5) is 0. The van der Waals surface area contributed by atoms with Gasteiger partial charge in [-0.2, -0.15) is 0 Å². The van der Waals surface area contributed by atoms with Crippen LogP contribution in [0.15, 0.2) is 72.9 Å². The maximum absolute atomic E-state index is 2.54. The molecule has 0 aliphatic heterocycles. The summed E-state index contributed by atoms with van der Waals surface area (Å²) in [6, 6.07) is 0. The minimum Gasteiger partial charge on any atom is 0 e. The summed E-state index contributed by atoms with van der Waals surface area (Å²) in [6.07, 6.45) is 32.8. The molecule has 3 aliphatic carbocycles. The molecule has 0 aromatic rings. The molecule has 0 N–H and O–H groups in total. The van der Waals surface area contributed by atoms with Gasteiger partial charge in [-0.1, -0.05) is 0 Å². The van der Waals surface area contributed by atoms with Gasteiger partial charge in [-0.3, -0.25) is 0 Å². The van der Waals surface area contributed by atoms with Crippen LogP contribution in [0.4, 0.5) is 0 Å². The van der Waals surface area contributed by atoms with Gasteiger partial charge in [0.05, 0.1) is 0 Å². The van der Waals surface area contributed by atoms with Crippen LogP contribution in [0.3, 0.4) is 0 Å². The SMILES string of the molecule is CC[C]1([Y]([C]2(CC)C=CC=C2)[C]2(CC)C=CC=C2)C=CC=C1.[Y]. The van der Waals surface area contributed by atoms with E-state index in [0.29, 0.717) is 6.68 Å². The summed E-state index contributed by atoms with van der Waals surface area (Å²) in [7, 11) is 0. The van der Waals surface area contributed by atoms with Gasteiger partial charge in [0.1, 0.15) is 0 Å². The summed E-state index contributed by atoms with van der Waals surface area (Å²) in [5.74, 6) is 0. The van der Waals surface area contributed by atoms with Gasteiger partial charge in [0.15, 0.2) is 0 Å². The van der Waals surface area contributed by atoms with Gasteiger partial charge in [0.2, 0.25) is 0 Å². The van der Waals surface area contributed by atoms with Gasteiger partial charge < -0.3 is 0 Å². The molecule has 0 heterocycles. The zero-order chi connectivity index (χ0) is 15.7. The van der Waals surface area contributed by atoms with Gasteiger partial charge >= 0.3 is 147 Å². The normalized spacial score (nSPS) is 23.6. The van der Waals surface area contributed by atoms with Crippen molar-refractivity contribution in [2.45, 2.75) is 46.7 Å². The van der Waals surface area contributed by atoms with Crippen molar-refractivity contribution in [1.82, 2.24) is 0 Å². The number of rotatable bonds is 6. The average molecular weight is 457 g/mol. The quantitative estimate of drug-likeness (QED) is 0.417. The van der Waals surface area contributed by atoms with Crippen LogP contribution in [0.2, 0.25) is 6.68 Å². The van der Waals surface area contributed by atoms with Crippen LogP contribution < -0.4 is 0 Å². The summed E-state index contributed by atoms with van der Waals surface area (Å²) in [6.45, 7) is 7.17. The molecule has 2 heteroatoms. The van der Waals surface area contributed by atoms with Gasteiger partial charge in [-0.15, -0.1) is 0 Å². The fourth-order valence-corrected chi connectivity index (χ4v) is 19.8. The van der Waals surface area contributed by atoms with Crippen molar-refractivity contribution in [2.75, 3.05) is 0 Å². The van der Waals surface area contributed by atoms with Crippen molar-refractivity contribution in [3.63, 3.8) is 0 Å². The Morgan fingerprint density at radius 2 is 0.739 bits per heavy atom. The number of allylic oxidation sites excluding steroid dienone is 12. The largest absolute Gasteiger partial charge is 0 e. The van der Waals surface area contributed by atoms with Crippen LogP contribution in [-0.4, -0.2) is 0 Å². The number of hydrogen-bond acceptors (Lipinski definition) is 0. The summed E-state index contributed by atoms with van der Waals surface area (Å²) in [5.41, 5.74) is 0. The first kappa shape index (κ1) is 20.0. The molecule has 0 nitrogen and oxygen atoms in total. The second-order valence-electron chi connectivity index (χ2n) is 6.99. The second kappa shape index (κ2) is 7.90. The predicted octanol–water partition coefficient (Wildman–Crippen LogP) is 6.69. The smallest absolute Gasteiger partial charge is 0 e. The summed E-state index contributed by atoms with van der Waals surface area (Å²) >= 11 is -2.26. The van der Waals surface area contributed by atoms with E-state index in [4.69, 9.17) is 0 Å². The molecule has 117 valence electrons. The fourth-order valence-electron chi connectivity index (χ4n) is 4.97. The molecule has 3 rings (SSSR count). The van der Waals surface area contributed by atoms with E-state index >= 15 is 0 Å². The zero-order valence-corrected chi connectivity index (χ0v) is 20.4. The van der Waals surface area contributed by atoms with Crippen molar-refractivity contribution in [3.8, 4) is 0 Å². The Balaban J connectivity index is 0.00000192. The summed E-state index contributed by atoms with van der Waals surface area (Å²) in [5, 5.41) is 0. The molecule has 0 unspecified atom stereocenters. The number of hydrogen-bond donors (Lipinski definition) is 0. The molecular formula is C21H27Y2. The van der Waals surface area contributed by atoms with Crippen molar-refractivity contribution in [3.05, 3.63) is 72.9 Å². The van der Waals surface area contributed by atoms with Crippen LogP contribution in [0, 0.1) is 0 Å².